The van der Waals surface area contributed by atoms with Crippen LogP contribution >= 0.6 is 0 Å². The molecule has 0 saturated heterocycles. The smallest absolute Gasteiger partial charge is 0.359 e. The molecule has 0 saturated carbocycles. The van der Waals surface area contributed by atoms with Crippen molar-refractivity contribution in [3.05, 3.63) is 17.5 Å². The first-order valence-electron chi connectivity index (χ1n) is 5.09. The lowest BCUT2D eigenvalue weighted by Gasteiger charge is -2.02. The van der Waals surface area contributed by atoms with Gasteiger partial charge in [-0.1, -0.05) is 6.92 Å². The SMILES string of the molecule is CCNCc1cn(C)nc1C(=O)OCC. The van der Waals surface area contributed by atoms with Crippen molar-refractivity contribution in [2.24, 2.45) is 7.05 Å². The normalized spacial score (nSPS) is 10.3. The van der Waals surface area contributed by atoms with Crippen molar-refractivity contribution < 1.29 is 9.53 Å². The molecule has 0 atom stereocenters. The summed E-state index contributed by atoms with van der Waals surface area (Å²) < 4.78 is 6.54. The zero-order valence-electron chi connectivity index (χ0n) is 9.41. The minimum atomic E-state index is -0.356. The Labute approximate surface area is 89.4 Å². The Morgan fingerprint density at radius 3 is 2.93 bits per heavy atom. The number of nitrogens with one attached hydrogen (secondary N) is 1. The average molecular weight is 211 g/mol. The van der Waals surface area contributed by atoms with Crippen molar-refractivity contribution in [3.8, 4) is 0 Å². The number of esters is 1. The molecular weight excluding hydrogens is 194 g/mol. The second-order valence-corrected chi connectivity index (χ2v) is 3.18. The molecule has 84 valence electrons. The molecule has 5 heteroatoms. The van der Waals surface area contributed by atoms with E-state index in [1.54, 1.807) is 18.7 Å². The van der Waals surface area contributed by atoms with Crippen LogP contribution in [0.3, 0.4) is 0 Å². The van der Waals surface area contributed by atoms with E-state index >= 15 is 0 Å². The number of carbonyl (C=O) groups excluding carboxylic acids is 1. The topological polar surface area (TPSA) is 56.2 Å². The van der Waals surface area contributed by atoms with E-state index in [1.165, 1.54) is 0 Å². The van der Waals surface area contributed by atoms with Crippen molar-refractivity contribution in [1.29, 1.82) is 0 Å². The molecule has 1 aromatic heterocycles. The van der Waals surface area contributed by atoms with Crippen LogP contribution in [0.15, 0.2) is 6.20 Å². The van der Waals surface area contributed by atoms with Gasteiger partial charge < -0.3 is 10.1 Å². The van der Waals surface area contributed by atoms with Gasteiger partial charge in [0.25, 0.3) is 0 Å². The molecule has 1 N–H and O–H groups in total. The summed E-state index contributed by atoms with van der Waals surface area (Å²) in [6.07, 6.45) is 1.83. The summed E-state index contributed by atoms with van der Waals surface area (Å²) in [4.78, 5) is 11.5. The predicted molar refractivity (Wildman–Crippen MR) is 56.5 cm³/mol. The molecule has 1 aromatic rings. The Bertz CT molecular complexity index is 333. The number of aromatic nitrogens is 2. The Morgan fingerprint density at radius 2 is 2.33 bits per heavy atom. The lowest BCUT2D eigenvalue weighted by atomic mass is 10.2. The fraction of sp³-hybridized carbons (Fsp3) is 0.600. The summed E-state index contributed by atoms with van der Waals surface area (Å²) in [5, 5.41) is 7.24. The second kappa shape index (κ2) is 5.50. The lowest BCUT2D eigenvalue weighted by Crippen LogP contribution is -2.15. The number of carbonyl (C=O) groups is 1. The molecule has 0 unspecified atom stereocenters. The van der Waals surface area contributed by atoms with Crippen molar-refractivity contribution >= 4 is 5.97 Å². The number of hydrogen-bond donors (Lipinski definition) is 1. The molecule has 0 bridgehead atoms. The third-order valence-electron chi connectivity index (χ3n) is 1.94. The van der Waals surface area contributed by atoms with Gasteiger partial charge in [-0.15, -0.1) is 0 Å². The zero-order valence-corrected chi connectivity index (χ0v) is 9.41. The summed E-state index contributed by atoms with van der Waals surface area (Å²) in [5.41, 5.74) is 1.28. The Balaban J connectivity index is 2.80. The van der Waals surface area contributed by atoms with E-state index in [2.05, 4.69) is 10.4 Å². The van der Waals surface area contributed by atoms with Crippen LogP contribution in [0.4, 0.5) is 0 Å². The third-order valence-corrected chi connectivity index (χ3v) is 1.94. The van der Waals surface area contributed by atoms with E-state index in [-0.39, 0.29) is 5.97 Å². The largest absolute Gasteiger partial charge is 0.461 e. The van der Waals surface area contributed by atoms with Crippen molar-refractivity contribution in [3.63, 3.8) is 0 Å². The number of hydrogen-bond acceptors (Lipinski definition) is 4. The van der Waals surface area contributed by atoms with Gasteiger partial charge in [0, 0.05) is 25.4 Å². The highest BCUT2D eigenvalue weighted by Crippen LogP contribution is 2.07. The molecule has 0 aliphatic carbocycles. The van der Waals surface area contributed by atoms with Gasteiger partial charge in [0.2, 0.25) is 0 Å². The number of nitrogens with zero attached hydrogens (tertiary/aromatic N) is 2. The minimum absolute atomic E-state index is 0.356. The van der Waals surface area contributed by atoms with Crippen LogP contribution in [0.1, 0.15) is 29.9 Å². The highest BCUT2D eigenvalue weighted by Gasteiger charge is 2.16. The number of ether oxygens (including phenoxy) is 1. The predicted octanol–water partition coefficient (Wildman–Crippen LogP) is 0.706. The maximum Gasteiger partial charge on any atom is 0.359 e. The highest BCUT2D eigenvalue weighted by molar-refractivity contribution is 5.88. The molecule has 0 aromatic carbocycles. The van der Waals surface area contributed by atoms with Crippen LogP contribution in [0.5, 0.6) is 0 Å². The molecule has 5 nitrogen and oxygen atoms in total. The van der Waals surface area contributed by atoms with Crippen LogP contribution < -0.4 is 5.32 Å². The van der Waals surface area contributed by atoms with Gasteiger partial charge >= 0.3 is 5.97 Å². The van der Waals surface area contributed by atoms with Crippen LogP contribution in [0, 0.1) is 0 Å². The fourth-order valence-corrected chi connectivity index (χ4v) is 1.30. The first-order chi connectivity index (χ1) is 7.19. The number of rotatable bonds is 5. The van der Waals surface area contributed by atoms with E-state index in [0.717, 1.165) is 12.1 Å². The van der Waals surface area contributed by atoms with E-state index in [1.807, 2.05) is 13.1 Å². The molecule has 0 fully saturated rings. The summed E-state index contributed by atoms with van der Waals surface area (Å²) in [6.45, 7) is 5.66. The Morgan fingerprint density at radius 1 is 1.60 bits per heavy atom. The molecule has 0 aliphatic rings. The van der Waals surface area contributed by atoms with Gasteiger partial charge in [0.1, 0.15) is 0 Å². The average Bonchev–Trinajstić information content (AvgIpc) is 2.57. The molecule has 1 rings (SSSR count). The van der Waals surface area contributed by atoms with Crippen LogP contribution in [-0.4, -0.2) is 28.9 Å². The quantitative estimate of drug-likeness (QED) is 0.729. The molecular formula is C10H17N3O2. The van der Waals surface area contributed by atoms with Gasteiger partial charge in [-0.25, -0.2) is 4.79 Å². The standard InChI is InChI=1S/C10H17N3O2/c1-4-11-6-8-7-13(3)12-9(8)10(14)15-5-2/h7,11H,4-6H2,1-3H3. The van der Waals surface area contributed by atoms with Crippen molar-refractivity contribution in [1.82, 2.24) is 15.1 Å². The maximum absolute atomic E-state index is 11.5. The summed E-state index contributed by atoms with van der Waals surface area (Å²) >= 11 is 0. The minimum Gasteiger partial charge on any atom is -0.461 e. The molecule has 0 aliphatic heterocycles. The second-order valence-electron chi connectivity index (χ2n) is 3.18. The molecule has 0 spiro atoms. The lowest BCUT2D eigenvalue weighted by molar-refractivity contribution is 0.0517. The van der Waals surface area contributed by atoms with Gasteiger partial charge in [-0.3, -0.25) is 4.68 Å². The molecule has 0 radical (unpaired) electrons. The van der Waals surface area contributed by atoms with Crippen LogP contribution in [0.25, 0.3) is 0 Å². The van der Waals surface area contributed by atoms with E-state index in [4.69, 9.17) is 4.74 Å². The van der Waals surface area contributed by atoms with Gasteiger partial charge in [0.15, 0.2) is 5.69 Å². The van der Waals surface area contributed by atoms with E-state index in [9.17, 15) is 4.79 Å². The summed E-state index contributed by atoms with van der Waals surface area (Å²) in [6, 6.07) is 0. The van der Waals surface area contributed by atoms with E-state index in [0.29, 0.717) is 18.8 Å². The monoisotopic (exact) mass is 211 g/mol. The number of aryl methyl sites for hydroxylation is 1. The fourth-order valence-electron chi connectivity index (χ4n) is 1.30. The first kappa shape index (κ1) is 11.7. The summed E-state index contributed by atoms with van der Waals surface area (Å²) in [7, 11) is 1.79. The van der Waals surface area contributed by atoms with Gasteiger partial charge in [-0.2, -0.15) is 5.10 Å². The first-order valence-corrected chi connectivity index (χ1v) is 5.09. The third kappa shape index (κ3) is 3.06. The zero-order chi connectivity index (χ0) is 11.3. The van der Waals surface area contributed by atoms with Crippen molar-refractivity contribution in [2.75, 3.05) is 13.2 Å². The maximum atomic E-state index is 11.5. The molecule has 15 heavy (non-hydrogen) atoms. The summed E-state index contributed by atoms with van der Waals surface area (Å²) in [5.74, 6) is -0.356. The van der Waals surface area contributed by atoms with Crippen molar-refractivity contribution in [2.45, 2.75) is 20.4 Å². The highest BCUT2D eigenvalue weighted by atomic mass is 16.5. The van der Waals surface area contributed by atoms with Gasteiger partial charge in [-0.05, 0) is 13.5 Å². The van der Waals surface area contributed by atoms with E-state index < -0.39 is 0 Å². The Kier molecular flexibility index (Phi) is 4.30. The Hall–Kier alpha value is -1.36. The van der Waals surface area contributed by atoms with Crippen LogP contribution in [-0.2, 0) is 18.3 Å². The van der Waals surface area contributed by atoms with Gasteiger partial charge in [0.05, 0.1) is 6.61 Å². The van der Waals surface area contributed by atoms with Crippen LogP contribution in [0.2, 0.25) is 0 Å². The molecule has 0 amide bonds. The molecule has 1 heterocycles.